The number of aliphatic hydroxyl groups excluding tert-OH is 1. The summed E-state index contributed by atoms with van der Waals surface area (Å²) in [4.78, 5) is 35.6. The molecule has 12 heteroatoms. The molecule has 12 nitrogen and oxygen atoms in total. The molecule has 1 aromatic carbocycles. The van der Waals surface area contributed by atoms with Gasteiger partial charge in [-0.2, -0.15) is 5.10 Å². The van der Waals surface area contributed by atoms with Crippen molar-refractivity contribution in [3.05, 3.63) is 88.4 Å². The molecule has 0 radical (unpaired) electrons. The number of hydrogen-bond acceptors (Lipinski definition) is 8. The van der Waals surface area contributed by atoms with Gasteiger partial charge in [-0.3, -0.25) is 14.3 Å². The average molecular weight is 567 g/mol. The molecule has 1 aliphatic heterocycles. The standard InChI is InChI=1S/C30H30N8O4/c31-28-27-22(14-23(37(27)34-17-33-28)18-6-9-21(39)10-7-18)19-8-11-25(32-15-19)35-29(40)26-24-16-42-13-12-36(24)38(30(26)41)20-4-2-1-3-5-20/h1-5,8,11,14-15,17-18,21,39H,6-7,9-10,12-13,16H2,(H2,31,33,34)(H,32,35,40). The van der Waals surface area contributed by atoms with Crippen molar-refractivity contribution in [2.45, 2.75) is 50.9 Å². The first-order valence-corrected chi connectivity index (χ1v) is 14.1. The zero-order valence-electron chi connectivity index (χ0n) is 22.8. The molecule has 4 aromatic heterocycles. The van der Waals surface area contributed by atoms with Gasteiger partial charge in [-0.1, -0.05) is 18.2 Å². The molecule has 0 atom stereocenters. The van der Waals surface area contributed by atoms with Gasteiger partial charge in [0.2, 0.25) is 0 Å². The highest BCUT2D eigenvalue weighted by Gasteiger charge is 2.29. The van der Waals surface area contributed by atoms with Crippen molar-refractivity contribution in [3.8, 4) is 16.8 Å². The molecule has 2 aliphatic rings. The lowest BCUT2D eigenvalue weighted by Gasteiger charge is -2.24. The van der Waals surface area contributed by atoms with Crippen LogP contribution in [0.15, 0.2) is 65.8 Å². The first-order valence-electron chi connectivity index (χ1n) is 14.1. The third kappa shape index (κ3) is 4.45. The minimum Gasteiger partial charge on any atom is -0.393 e. The Morgan fingerprint density at radius 1 is 1.07 bits per heavy atom. The number of pyridine rings is 1. The summed E-state index contributed by atoms with van der Waals surface area (Å²) in [6.07, 6.45) is 6.06. The second kappa shape index (κ2) is 10.5. The van der Waals surface area contributed by atoms with Crippen molar-refractivity contribution in [2.24, 2.45) is 0 Å². The zero-order chi connectivity index (χ0) is 28.8. The number of nitrogens with one attached hydrogen (secondary N) is 1. The zero-order valence-corrected chi connectivity index (χ0v) is 22.8. The molecular weight excluding hydrogens is 536 g/mol. The Morgan fingerprint density at radius 3 is 2.64 bits per heavy atom. The fraction of sp³-hybridized carbons (Fsp3) is 0.300. The van der Waals surface area contributed by atoms with Gasteiger partial charge >= 0.3 is 0 Å². The molecule has 5 aromatic rings. The van der Waals surface area contributed by atoms with E-state index in [0.29, 0.717) is 41.7 Å². The fourth-order valence-electron chi connectivity index (χ4n) is 6.12. The van der Waals surface area contributed by atoms with Crippen molar-refractivity contribution < 1.29 is 14.6 Å². The third-order valence-electron chi connectivity index (χ3n) is 8.20. The number of hydrogen-bond donors (Lipinski definition) is 3. The quantitative estimate of drug-likeness (QED) is 0.293. The lowest BCUT2D eigenvalue weighted by molar-refractivity contribution is 0.0756. The number of nitrogens with zero attached hydrogens (tertiary/aromatic N) is 6. The van der Waals surface area contributed by atoms with Crippen LogP contribution < -0.4 is 16.6 Å². The molecule has 1 aliphatic carbocycles. The fourth-order valence-corrected chi connectivity index (χ4v) is 6.12. The summed E-state index contributed by atoms with van der Waals surface area (Å²) in [6, 6.07) is 14.9. The lowest BCUT2D eigenvalue weighted by atomic mass is 9.85. The number of ether oxygens (including phenoxy) is 1. The summed E-state index contributed by atoms with van der Waals surface area (Å²) in [7, 11) is 0. The van der Waals surface area contributed by atoms with Gasteiger partial charge in [-0.05, 0) is 56.0 Å². The van der Waals surface area contributed by atoms with E-state index in [1.807, 2.05) is 45.6 Å². The third-order valence-corrected chi connectivity index (χ3v) is 8.20. The Hall–Kier alpha value is -4.81. The minimum atomic E-state index is -0.544. The largest absolute Gasteiger partial charge is 0.393 e. The number of carbonyl (C=O) groups excluding carboxylic acids is 1. The Morgan fingerprint density at radius 2 is 1.88 bits per heavy atom. The summed E-state index contributed by atoms with van der Waals surface area (Å²) < 4.78 is 10.8. The number of carbonyl (C=O) groups is 1. The number of aliphatic hydroxyl groups is 1. The van der Waals surface area contributed by atoms with Crippen LogP contribution in [0.2, 0.25) is 0 Å². The molecule has 42 heavy (non-hydrogen) atoms. The normalized spacial score (nSPS) is 18.6. The number of benzene rings is 1. The molecule has 1 fully saturated rings. The second-order valence-corrected chi connectivity index (χ2v) is 10.7. The molecule has 0 spiro atoms. The number of nitrogens with two attached hydrogens (primary N) is 1. The number of anilines is 2. The smallest absolute Gasteiger partial charge is 0.284 e. The maximum atomic E-state index is 13.5. The maximum Gasteiger partial charge on any atom is 0.284 e. The van der Waals surface area contributed by atoms with Crippen LogP contribution >= 0.6 is 0 Å². The van der Waals surface area contributed by atoms with Gasteiger partial charge in [0.15, 0.2) is 5.82 Å². The van der Waals surface area contributed by atoms with Gasteiger partial charge in [0.25, 0.3) is 11.5 Å². The summed E-state index contributed by atoms with van der Waals surface area (Å²) in [5.41, 5.74) is 10.5. The topological polar surface area (TPSA) is 155 Å². The van der Waals surface area contributed by atoms with E-state index in [0.717, 1.165) is 42.5 Å². The molecule has 1 saturated carbocycles. The van der Waals surface area contributed by atoms with E-state index in [9.17, 15) is 14.7 Å². The summed E-state index contributed by atoms with van der Waals surface area (Å²) in [6.45, 7) is 1.08. The van der Waals surface area contributed by atoms with Gasteiger partial charge < -0.3 is 20.9 Å². The Balaban J connectivity index is 1.19. The number of fused-ring (bicyclic) bond motifs is 2. The molecule has 5 heterocycles. The number of para-hydroxylation sites is 1. The van der Waals surface area contributed by atoms with Crippen LogP contribution in [0.5, 0.6) is 0 Å². The van der Waals surface area contributed by atoms with Crippen molar-refractivity contribution in [1.29, 1.82) is 0 Å². The van der Waals surface area contributed by atoms with Gasteiger partial charge in [0.1, 0.15) is 23.2 Å². The van der Waals surface area contributed by atoms with Gasteiger partial charge in [-0.15, -0.1) is 0 Å². The Bertz CT molecular complexity index is 1830. The van der Waals surface area contributed by atoms with Crippen LogP contribution in [0, 0.1) is 0 Å². The van der Waals surface area contributed by atoms with Gasteiger partial charge in [-0.25, -0.2) is 19.2 Å². The number of nitrogen functional groups attached to an aromatic ring is 1. The summed E-state index contributed by atoms with van der Waals surface area (Å²) in [5.74, 6) is 0.362. The summed E-state index contributed by atoms with van der Waals surface area (Å²) >= 11 is 0. The first kappa shape index (κ1) is 26.1. The van der Waals surface area contributed by atoms with E-state index in [2.05, 4.69) is 26.4 Å². The van der Waals surface area contributed by atoms with Crippen LogP contribution in [-0.2, 0) is 17.9 Å². The molecule has 7 rings (SSSR count). The van der Waals surface area contributed by atoms with Crippen molar-refractivity contribution in [1.82, 2.24) is 28.9 Å². The van der Waals surface area contributed by atoms with E-state index >= 15 is 0 Å². The lowest BCUT2D eigenvalue weighted by Crippen LogP contribution is -2.26. The molecular formula is C30H30N8O4. The number of aromatic nitrogens is 6. The van der Waals surface area contributed by atoms with Crippen molar-refractivity contribution >= 4 is 23.1 Å². The highest BCUT2D eigenvalue weighted by molar-refractivity contribution is 6.04. The first-order chi connectivity index (χ1) is 20.5. The summed E-state index contributed by atoms with van der Waals surface area (Å²) in [5, 5.41) is 17.3. The van der Waals surface area contributed by atoms with Crippen molar-refractivity contribution in [2.75, 3.05) is 17.7 Å². The predicted octanol–water partition coefficient (Wildman–Crippen LogP) is 3.13. The van der Waals surface area contributed by atoms with Crippen LogP contribution in [0.4, 0.5) is 11.6 Å². The minimum absolute atomic E-state index is 0.0371. The Kier molecular flexibility index (Phi) is 6.56. The van der Waals surface area contributed by atoms with Gasteiger partial charge in [0.05, 0.1) is 37.2 Å². The average Bonchev–Trinajstić information content (AvgIpc) is 3.54. The predicted molar refractivity (Wildman–Crippen MR) is 155 cm³/mol. The van der Waals surface area contributed by atoms with Crippen LogP contribution in [0.25, 0.3) is 22.3 Å². The van der Waals surface area contributed by atoms with Crippen LogP contribution in [0.3, 0.4) is 0 Å². The molecule has 0 unspecified atom stereocenters. The van der Waals surface area contributed by atoms with E-state index in [4.69, 9.17) is 10.5 Å². The van der Waals surface area contributed by atoms with E-state index in [-0.39, 0.29) is 24.2 Å². The highest BCUT2D eigenvalue weighted by atomic mass is 16.5. The number of amides is 1. The molecule has 4 N–H and O–H groups in total. The monoisotopic (exact) mass is 566 g/mol. The van der Waals surface area contributed by atoms with E-state index < -0.39 is 11.5 Å². The molecule has 1 amide bonds. The molecule has 214 valence electrons. The molecule has 0 saturated heterocycles. The van der Waals surface area contributed by atoms with Gasteiger partial charge in [0, 0.05) is 28.9 Å². The van der Waals surface area contributed by atoms with Crippen molar-refractivity contribution in [3.63, 3.8) is 0 Å². The molecule has 0 bridgehead atoms. The van der Waals surface area contributed by atoms with Crippen LogP contribution in [0.1, 0.15) is 53.3 Å². The SMILES string of the molecule is Nc1ncnn2c(C3CCC(O)CC3)cc(-c3ccc(NC(=O)c4c5n(n(-c6ccccc6)c4=O)CCOC5)nc3)c12. The van der Waals surface area contributed by atoms with Crippen LogP contribution in [-0.4, -0.2) is 52.7 Å². The number of rotatable bonds is 5. The van der Waals surface area contributed by atoms with E-state index in [1.165, 1.54) is 11.0 Å². The highest BCUT2D eigenvalue weighted by Crippen LogP contribution is 2.38. The Labute approximate surface area is 240 Å². The van der Waals surface area contributed by atoms with E-state index in [1.54, 1.807) is 12.3 Å². The second-order valence-electron chi connectivity index (χ2n) is 10.7. The maximum absolute atomic E-state index is 13.5.